The first-order chi connectivity index (χ1) is 7.33. The fourth-order valence-electron chi connectivity index (χ4n) is 2.58. The van der Waals surface area contributed by atoms with E-state index in [0.717, 1.165) is 25.6 Å². The van der Waals surface area contributed by atoms with Gasteiger partial charge in [0.05, 0.1) is 0 Å². The number of hydrogen-bond donors (Lipinski definition) is 2. The van der Waals surface area contributed by atoms with Gasteiger partial charge in [0.25, 0.3) is 0 Å². The number of aromatic amines is 1. The lowest BCUT2D eigenvalue weighted by atomic mass is 10.2. The maximum absolute atomic E-state index is 5.53. The predicted molar refractivity (Wildman–Crippen MR) is 57.6 cm³/mol. The molecule has 0 aromatic carbocycles. The average Bonchev–Trinajstić information content (AvgIpc) is 2.84. The number of fused-ring (bicyclic) bond motifs is 1. The van der Waals surface area contributed by atoms with Crippen molar-refractivity contribution in [3.63, 3.8) is 0 Å². The number of nitrogens with one attached hydrogen (secondary N) is 1. The van der Waals surface area contributed by atoms with E-state index in [-0.39, 0.29) is 0 Å². The van der Waals surface area contributed by atoms with Crippen molar-refractivity contribution >= 4 is 11.9 Å². The first-order valence-corrected chi connectivity index (χ1v) is 5.50. The molecule has 3 rings (SSSR count). The molecule has 1 unspecified atom stereocenters. The second kappa shape index (κ2) is 3.37. The summed E-state index contributed by atoms with van der Waals surface area (Å²) in [4.78, 5) is 8.95. The molecule has 2 fully saturated rings. The van der Waals surface area contributed by atoms with Gasteiger partial charge in [-0.2, -0.15) is 4.98 Å². The number of nitrogen functional groups attached to an aromatic ring is 1. The van der Waals surface area contributed by atoms with Gasteiger partial charge in [0.1, 0.15) is 0 Å². The molecule has 6 heteroatoms. The van der Waals surface area contributed by atoms with Crippen LogP contribution < -0.4 is 10.6 Å². The van der Waals surface area contributed by atoms with Crippen LogP contribution in [0.25, 0.3) is 0 Å². The minimum Gasteiger partial charge on any atom is -0.368 e. The zero-order valence-electron chi connectivity index (χ0n) is 8.69. The molecule has 2 aliphatic rings. The fraction of sp³-hybridized carbons (Fsp3) is 0.778. The van der Waals surface area contributed by atoms with E-state index in [1.807, 2.05) is 0 Å². The predicted octanol–water partition coefficient (Wildman–Crippen LogP) is -0.329. The third-order valence-electron chi connectivity index (χ3n) is 3.36. The molecule has 2 saturated heterocycles. The number of nitrogens with two attached hydrogens (primary N) is 1. The van der Waals surface area contributed by atoms with Crippen LogP contribution in [0.2, 0.25) is 0 Å². The van der Waals surface area contributed by atoms with Crippen LogP contribution in [-0.4, -0.2) is 52.3 Å². The summed E-state index contributed by atoms with van der Waals surface area (Å²) in [5, 5.41) is 6.79. The van der Waals surface area contributed by atoms with Crippen molar-refractivity contribution in [2.75, 3.05) is 36.8 Å². The van der Waals surface area contributed by atoms with Crippen LogP contribution in [0, 0.1) is 0 Å². The number of nitrogens with zero attached hydrogens (tertiary/aromatic N) is 4. The van der Waals surface area contributed by atoms with Crippen molar-refractivity contribution in [2.45, 2.75) is 18.9 Å². The van der Waals surface area contributed by atoms with Gasteiger partial charge in [-0.05, 0) is 19.4 Å². The molecular weight excluding hydrogens is 192 g/mol. The lowest BCUT2D eigenvalue weighted by Gasteiger charge is -2.36. The molecule has 0 radical (unpaired) electrons. The minimum atomic E-state index is 0.402. The summed E-state index contributed by atoms with van der Waals surface area (Å²) < 4.78 is 0. The summed E-state index contributed by atoms with van der Waals surface area (Å²) in [5.41, 5.74) is 5.53. The molecule has 0 saturated carbocycles. The van der Waals surface area contributed by atoms with Gasteiger partial charge in [0.2, 0.25) is 11.9 Å². The van der Waals surface area contributed by atoms with Crippen LogP contribution in [0.5, 0.6) is 0 Å². The maximum atomic E-state index is 5.53. The Balaban J connectivity index is 1.73. The molecule has 1 aromatic heterocycles. The van der Waals surface area contributed by atoms with E-state index >= 15 is 0 Å². The Morgan fingerprint density at radius 2 is 2.27 bits per heavy atom. The molecule has 1 aromatic rings. The Hall–Kier alpha value is -1.30. The monoisotopic (exact) mass is 208 g/mol. The van der Waals surface area contributed by atoms with E-state index < -0.39 is 0 Å². The molecule has 0 amide bonds. The van der Waals surface area contributed by atoms with Crippen molar-refractivity contribution in [1.29, 1.82) is 0 Å². The molecule has 3 heterocycles. The summed E-state index contributed by atoms with van der Waals surface area (Å²) in [6, 6.07) is 0.693. The van der Waals surface area contributed by atoms with Gasteiger partial charge in [-0.1, -0.05) is 0 Å². The smallest absolute Gasteiger partial charge is 0.246 e. The highest BCUT2D eigenvalue weighted by molar-refractivity contribution is 5.35. The fourth-order valence-corrected chi connectivity index (χ4v) is 2.58. The molecular formula is C9H16N6. The molecule has 6 nitrogen and oxygen atoms in total. The molecule has 15 heavy (non-hydrogen) atoms. The number of hydrogen-bond acceptors (Lipinski definition) is 5. The van der Waals surface area contributed by atoms with E-state index in [1.54, 1.807) is 0 Å². The number of rotatable bonds is 1. The molecule has 1 atom stereocenters. The Bertz CT molecular complexity index is 348. The molecule has 82 valence electrons. The zero-order chi connectivity index (χ0) is 10.3. The van der Waals surface area contributed by atoms with Crippen molar-refractivity contribution in [3.8, 4) is 0 Å². The Morgan fingerprint density at radius 3 is 3.07 bits per heavy atom. The summed E-state index contributed by atoms with van der Waals surface area (Å²) in [6.45, 7) is 4.43. The molecule has 3 N–H and O–H groups in total. The standard InChI is InChI=1S/C9H16N6/c10-8-11-9(13-12-8)15-5-4-14-3-1-2-7(14)6-15/h7H,1-6H2,(H3,10,11,12,13). The SMILES string of the molecule is Nc1nc(N2CCN3CCCC3C2)n[nH]1. The van der Waals surface area contributed by atoms with Crippen molar-refractivity contribution in [3.05, 3.63) is 0 Å². The van der Waals surface area contributed by atoms with E-state index in [9.17, 15) is 0 Å². The third kappa shape index (κ3) is 1.54. The van der Waals surface area contributed by atoms with Gasteiger partial charge in [-0.3, -0.25) is 4.90 Å². The summed E-state index contributed by atoms with van der Waals surface area (Å²) >= 11 is 0. The van der Waals surface area contributed by atoms with Gasteiger partial charge in [0, 0.05) is 25.7 Å². The van der Waals surface area contributed by atoms with Crippen LogP contribution in [0.1, 0.15) is 12.8 Å². The third-order valence-corrected chi connectivity index (χ3v) is 3.36. The second-order valence-electron chi connectivity index (χ2n) is 4.30. The van der Waals surface area contributed by atoms with Gasteiger partial charge >= 0.3 is 0 Å². The number of aromatic nitrogens is 3. The second-order valence-corrected chi connectivity index (χ2v) is 4.30. The van der Waals surface area contributed by atoms with Crippen molar-refractivity contribution < 1.29 is 0 Å². The van der Waals surface area contributed by atoms with Crippen LogP contribution >= 0.6 is 0 Å². The lowest BCUT2D eigenvalue weighted by molar-refractivity contribution is 0.230. The van der Waals surface area contributed by atoms with Crippen molar-refractivity contribution in [1.82, 2.24) is 20.1 Å². The number of anilines is 2. The topological polar surface area (TPSA) is 74.1 Å². The normalized spacial score (nSPS) is 26.9. The van der Waals surface area contributed by atoms with E-state index in [2.05, 4.69) is 25.0 Å². The summed E-state index contributed by atoms with van der Waals surface area (Å²) in [5.74, 6) is 1.15. The van der Waals surface area contributed by atoms with Crippen molar-refractivity contribution in [2.24, 2.45) is 0 Å². The van der Waals surface area contributed by atoms with Crippen LogP contribution in [0.15, 0.2) is 0 Å². The summed E-state index contributed by atoms with van der Waals surface area (Å²) in [7, 11) is 0. The zero-order valence-corrected chi connectivity index (χ0v) is 8.69. The van der Waals surface area contributed by atoms with Crippen LogP contribution in [-0.2, 0) is 0 Å². The molecule has 0 bridgehead atoms. The Morgan fingerprint density at radius 1 is 1.33 bits per heavy atom. The Kier molecular flexibility index (Phi) is 2.02. The van der Waals surface area contributed by atoms with Gasteiger partial charge < -0.3 is 10.6 Å². The van der Waals surface area contributed by atoms with Gasteiger partial charge in [0.15, 0.2) is 0 Å². The van der Waals surface area contributed by atoms with E-state index in [4.69, 9.17) is 5.73 Å². The molecule has 2 aliphatic heterocycles. The minimum absolute atomic E-state index is 0.402. The van der Waals surface area contributed by atoms with E-state index in [0.29, 0.717) is 12.0 Å². The van der Waals surface area contributed by atoms with Gasteiger partial charge in [-0.15, -0.1) is 5.10 Å². The first-order valence-electron chi connectivity index (χ1n) is 5.50. The first kappa shape index (κ1) is 8.96. The summed E-state index contributed by atoms with van der Waals surface area (Å²) in [6.07, 6.45) is 2.63. The molecule has 0 spiro atoms. The Labute approximate surface area is 88.5 Å². The lowest BCUT2D eigenvalue weighted by Crippen LogP contribution is -2.50. The van der Waals surface area contributed by atoms with Crippen LogP contribution in [0.4, 0.5) is 11.9 Å². The number of H-pyrrole nitrogens is 1. The highest BCUT2D eigenvalue weighted by Crippen LogP contribution is 2.23. The van der Waals surface area contributed by atoms with Crippen LogP contribution in [0.3, 0.4) is 0 Å². The maximum Gasteiger partial charge on any atom is 0.246 e. The average molecular weight is 208 g/mol. The highest BCUT2D eigenvalue weighted by Gasteiger charge is 2.31. The quantitative estimate of drug-likeness (QED) is 0.661. The molecule has 0 aliphatic carbocycles. The largest absolute Gasteiger partial charge is 0.368 e. The number of piperazine rings is 1. The van der Waals surface area contributed by atoms with Gasteiger partial charge in [-0.25, -0.2) is 5.10 Å². The van der Waals surface area contributed by atoms with E-state index in [1.165, 1.54) is 19.4 Å². The highest BCUT2D eigenvalue weighted by atomic mass is 15.4.